The molecule has 1 fully saturated rings. The highest BCUT2D eigenvalue weighted by molar-refractivity contribution is 6.00. The van der Waals surface area contributed by atoms with Crippen molar-refractivity contribution in [3.63, 3.8) is 0 Å². The van der Waals surface area contributed by atoms with Crippen LogP contribution in [0.25, 0.3) is 0 Å². The topological polar surface area (TPSA) is 83.6 Å². The summed E-state index contributed by atoms with van der Waals surface area (Å²) in [7, 11) is 0. The molecule has 0 aromatic heterocycles. The summed E-state index contributed by atoms with van der Waals surface area (Å²) in [4.78, 5) is 25.6. The molecule has 0 aliphatic carbocycles. The average molecular weight is 262 g/mol. The third kappa shape index (κ3) is 2.54. The molecule has 5 nitrogen and oxygen atoms in total. The number of nitrogens with two attached hydrogens (primary N) is 1. The quantitative estimate of drug-likeness (QED) is 0.625. The lowest BCUT2D eigenvalue weighted by molar-refractivity contribution is -0.122. The summed E-state index contributed by atoms with van der Waals surface area (Å²) in [6, 6.07) is 4.29. The normalized spacial score (nSPS) is 19.2. The molecule has 102 valence electrons. The molecular weight excluding hydrogens is 244 g/mol. The number of Topliss-reactive ketones (excluding diaryl/α,β-unsaturated/α-hetero) is 1. The van der Waals surface area contributed by atoms with Crippen LogP contribution in [0, 0.1) is 0 Å². The summed E-state index contributed by atoms with van der Waals surface area (Å²) in [6.45, 7) is 2.03. The van der Waals surface area contributed by atoms with E-state index in [-0.39, 0.29) is 34.7 Å². The number of anilines is 1. The van der Waals surface area contributed by atoms with Gasteiger partial charge in [0.1, 0.15) is 0 Å². The lowest BCUT2D eigenvalue weighted by Crippen LogP contribution is -2.47. The van der Waals surface area contributed by atoms with Gasteiger partial charge in [-0.1, -0.05) is 6.07 Å². The zero-order chi connectivity index (χ0) is 14.0. The molecule has 0 saturated carbocycles. The van der Waals surface area contributed by atoms with E-state index in [2.05, 4.69) is 0 Å². The summed E-state index contributed by atoms with van der Waals surface area (Å²) < 4.78 is 0. The second-order valence-electron chi connectivity index (χ2n) is 4.86. The molecule has 1 aromatic rings. The SMILES string of the molecule is CC(=O)C1CCCCN1C(=O)c1cccc(N)c1O. The maximum absolute atomic E-state index is 12.4. The number of benzene rings is 1. The van der Waals surface area contributed by atoms with E-state index in [0.717, 1.165) is 12.8 Å². The average Bonchev–Trinajstić information content (AvgIpc) is 2.41. The van der Waals surface area contributed by atoms with Gasteiger partial charge in [-0.25, -0.2) is 0 Å². The molecule has 1 aromatic carbocycles. The highest BCUT2D eigenvalue weighted by Gasteiger charge is 2.31. The van der Waals surface area contributed by atoms with Gasteiger partial charge in [-0.05, 0) is 38.3 Å². The smallest absolute Gasteiger partial charge is 0.258 e. The highest BCUT2D eigenvalue weighted by atomic mass is 16.3. The van der Waals surface area contributed by atoms with E-state index in [1.165, 1.54) is 19.1 Å². The minimum atomic E-state index is -0.387. The largest absolute Gasteiger partial charge is 0.505 e. The van der Waals surface area contributed by atoms with Crippen LogP contribution >= 0.6 is 0 Å². The molecule has 1 aliphatic rings. The fourth-order valence-electron chi connectivity index (χ4n) is 2.49. The zero-order valence-corrected chi connectivity index (χ0v) is 10.9. The molecule has 5 heteroatoms. The van der Waals surface area contributed by atoms with Crippen LogP contribution in [0.4, 0.5) is 5.69 Å². The number of nitrogens with zero attached hydrogens (tertiary/aromatic N) is 1. The van der Waals surface area contributed by atoms with Gasteiger partial charge in [-0.15, -0.1) is 0 Å². The molecule has 0 radical (unpaired) electrons. The van der Waals surface area contributed by atoms with Crippen molar-refractivity contribution in [2.24, 2.45) is 0 Å². The van der Waals surface area contributed by atoms with E-state index in [0.29, 0.717) is 13.0 Å². The Hall–Kier alpha value is -2.04. The second-order valence-corrected chi connectivity index (χ2v) is 4.86. The number of hydrogen-bond donors (Lipinski definition) is 2. The lowest BCUT2D eigenvalue weighted by Gasteiger charge is -2.34. The Morgan fingerprint density at radius 2 is 2.11 bits per heavy atom. The van der Waals surface area contributed by atoms with Gasteiger partial charge in [-0.2, -0.15) is 0 Å². The van der Waals surface area contributed by atoms with Gasteiger partial charge < -0.3 is 15.7 Å². The van der Waals surface area contributed by atoms with Gasteiger partial charge in [0.05, 0.1) is 17.3 Å². The summed E-state index contributed by atoms with van der Waals surface area (Å²) >= 11 is 0. The number of phenols is 1. The zero-order valence-electron chi connectivity index (χ0n) is 10.9. The Kier molecular flexibility index (Phi) is 3.74. The molecule has 1 aliphatic heterocycles. The number of carbonyl (C=O) groups is 2. The third-order valence-corrected chi connectivity index (χ3v) is 3.53. The van der Waals surface area contributed by atoms with Gasteiger partial charge in [0.2, 0.25) is 0 Å². The van der Waals surface area contributed by atoms with Gasteiger partial charge in [0, 0.05) is 6.54 Å². The van der Waals surface area contributed by atoms with E-state index in [4.69, 9.17) is 5.73 Å². The molecule has 19 heavy (non-hydrogen) atoms. The number of phenolic OH excluding ortho intramolecular Hbond substituents is 1. The lowest BCUT2D eigenvalue weighted by atomic mass is 9.98. The van der Waals surface area contributed by atoms with Crippen LogP contribution in [0.5, 0.6) is 5.75 Å². The standard InChI is InChI=1S/C14H18N2O3/c1-9(17)12-7-2-3-8-16(12)14(19)10-5-4-6-11(15)13(10)18/h4-6,12,18H,2-3,7-8,15H2,1H3. The Balaban J connectivity index is 2.31. The first-order chi connectivity index (χ1) is 9.02. The van der Waals surface area contributed by atoms with E-state index in [1.807, 2.05) is 0 Å². The Morgan fingerprint density at radius 3 is 2.79 bits per heavy atom. The van der Waals surface area contributed by atoms with Gasteiger partial charge in [-0.3, -0.25) is 9.59 Å². The van der Waals surface area contributed by atoms with Crippen LogP contribution in [0.2, 0.25) is 0 Å². The molecular formula is C14H18N2O3. The highest BCUT2D eigenvalue weighted by Crippen LogP contribution is 2.28. The fourth-order valence-corrected chi connectivity index (χ4v) is 2.49. The van der Waals surface area contributed by atoms with Gasteiger partial charge in [0.15, 0.2) is 11.5 Å². The summed E-state index contributed by atoms with van der Waals surface area (Å²) in [5, 5.41) is 9.87. The minimum absolute atomic E-state index is 0.0172. The van der Waals surface area contributed by atoms with Crippen molar-refractivity contribution in [1.29, 1.82) is 0 Å². The van der Waals surface area contributed by atoms with E-state index in [9.17, 15) is 14.7 Å². The van der Waals surface area contributed by atoms with Crippen LogP contribution in [0.3, 0.4) is 0 Å². The monoisotopic (exact) mass is 262 g/mol. The summed E-state index contributed by atoms with van der Waals surface area (Å²) in [6.07, 6.45) is 2.50. The van der Waals surface area contributed by atoms with Crippen molar-refractivity contribution in [1.82, 2.24) is 4.90 Å². The van der Waals surface area contributed by atoms with Crippen LogP contribution in [0.1, 0.15) is 36.5 Å². The number of rotatable bonds is 2. The minimum Gasteiger partial charge on any atom is -0.505 e. The maximum atomic E-state index is 12.4. The van der Waals surface area contributed by atoms with Crippen molar-refractivity contribution in [3.8, 4) is 5.75 Å². The maximum Gasteiger partial charge on any atom is 0.258 e. The molecule has 0 spiro atoms. The number of para-hydroxylation sites is 1. The van der Waals surface area contributed by atoms with Gasteiger partial charge in [0.25, 0.3) is 5.91 Å². The Labute approximate surface area is 112 Å². The van der Waals surface area contributed by atoms with Crippen molar-refractivity contribution >= 4 is 17.4 Å². The second kappa shape index (κ2) is 5.30. The Bertz CT molecular complexity index is 513. The number of piperidine rings is 1. The van der Waals surface area contributed by atoms with Crippen molar-refractivity contribution in [2.75, 3.05) is 12.3 Å². The van der Waals surface area contributed by atoms with E-state index in [1.54, 1.807) is 11.0 Å². The predicted octanol–water partition coefficient (Wildman–Crippen LogP) is 1.56. The summed E-state index contributed by atoms with van der Waals surface area (Å²) in [5.41, 5.74) is 5.92. The number of hydrogen-bond acceptors (Lipinski definition) is 4. The Morgan fingerprint density at radius 1 is 1.37 bits per heavy atom. The molecule has 0 bridgehead atoms. The van der Waals surface area contributed by atoms with Crippen LogP contribution in [0.15, 0.2) is 18.2 Å². The first-order valence-corrected chi connectivity index (χ1v) is 6.41. The first kappa shape index (κ1) is 13.4. The van der Waals surface area contributed by atoms with Crippen LogP contribution < -0.4 is 5.73 Å². The first-order valence-electron chi connectivity index (χ1n) is 6.41. The molecule has 1 unspecified atom stereocenters. The number of carbonyl (C=O) groups excluding carboxylic acids is 2. The molecule has 2 rings (SSSR count). The van der Waals surface area contributed by atoms with E-state index < -0.39 is 0 Å². The van der Waals surface area contributed by atoms with Crippen LogP contribution in [-0.4, -0.2) is 34.3 Å². The third-order valence-electron chi connectivity index (χ3n) is 3.53. The molecule has 1 atom stereocenters. The number of amides is 1. The summed E-state index contributed by atoms with van der Waals surface area (Å²) in [5.74, 6) is -0.554. The molecule has 1 heterocycles. The molecule has 1 saturated heterocycles. The number of ketones is 1. The van der Waals surface area contributed by atoms with Crippen molar-refractivity contribution < 1.29 is 14.7 Å². The van der Waals surface area contributed by atoms with Crippen molar-refractivity contribution in [2.45, 2.75) is 32.2 Å². The molecule has 3 N–H and O–H groups in total. The van der Waals surface area contributed by atoms with Crippen molar-refractivity contribution in [3.05, 3.63) is 23.8 Å². The molecule has 1 amide bonds. The number of aromatic hydroxyl groups is 1. The van der Waals surface area contributed by atoms with Gasteiger partial charge >= 0.3 is 0 Å². The van der Waals surface area contributed by atoms with Crippen LogP contribution in [-0.2, 0) is 4.79 Å². The number of likely N-dealkylation sites (tertiary alicyclic amines) is 1. The van der Waals surface area contributed by atoms with E-state index >= 15 is 0 Å². The fraction of sp³-hybridized carbons (Fsp3) is 0.429. The predicted molar refractivity (Wildman–Crippen MR) is 71.9 cm³/mol. The number of nitrogen functional groups attached to an aromatic ring is 1.